The predicted molar refractivity (Wildman–Crippen MR) is 126 cm³/mol. The number of carbonyl (C=O) groups excluding carboxylic acids is 1. The lowest BCUT2D eigenvalue weighted by atomic mass is 10.1. The van der Waals surface area contributed by atoms with Crippen molar-refractivity contribution >= 4 is 23.2 Å². The van der Waals surface area contributed by atoms with Gasteiger partial charge >= 0.3 is 5.97 Å². The van der Waals surface area contributed by atoms with Gasteiger partial charge in [-0.05, 0) is 30.2 Å². The Morgan fingerprint density at radius 1 is 1.09 bits per heavy atom. The second-order valence-corrected chi connectivity index (χ2v) is 7.50. The first-order valence-corrected chi connectivity index (χ1v) is 10.3. The summed E-state index contributed by atoms with van der Waals surface area (Å²) in [5, 5.41) is 7.12. The third-order valence-corrected chi connectivity index (χ3v) is 5.30. The Kier molecular flexibility index (Phi) is 9.46. The number of benzene rings is 2. The summed E-state index contributed by atoms with van der Waals surface area (Å²) in [5.41, 5.74) is 8.41. The first kappa shape index (κ1) is 25.1. The number of nitrogens with zero attached hydrogens (tertiary/aromatic N) is 2. The van der Waals surface area contributed by atoms with Crippen molar-refractivity contribution in [1.82, 2.24) is 0 Å². The van der Waals surface area contributed by atoms with Gasteiger partial charge in [0.2, 0.25) is 0 Å². The Morgan fingerprint density at radius 3 is 2.38 bits per heavy atom. The molecule has 1 heterocycles. The summed E-state index contributed by atoms with van der Waals surface area (Å²) in [6.07, 6.45) is 0.598. The summed E-state index contributed by atoms with van der Waals surface area (Å²) in [4.78, 5) is 15.9. The number of hydrogen-bond donors (Lipinski definition) is 2. The molecule has 1 aliphatic heterocycles. The highest BCUT2D eigenvalue weighted by Gasteiger charge is 2.21. The maximum atomic E-state index is 15.0. The molecule has 0 aliphatic carbocycles. The predicted octanol–water partition coefficient (Wildman–Crippen LogP) is 3.35. The number of piperazine rings is 1. The molecule has 3 N–H and O–H groups in total. The monoisotopic (exact) mass is 444 g/mol. The molecule has 2 aromatic rings. The molecule has 0 bridgehead atoms. The van der Waals surface area contributed by atoms with Crippen LogP contribution in [-0.4, -0.2) is 51.7 Å². The Labute approximate surface area is 189 Å². The van der Waals surface area contributed by atoms with Crippen molar-refractivity contribution in [3.63, 3.8) is 0 Å². The van der Waals surface area contributed by atoms with Crippen LogP contribution in [0.15, 0.2) is 42.5 Å². The second-order valence-electron chi connectivity index (χ2n) is 7.50. The zero-order chi connectivity index (χ0) is 22.2. The number of esters is 1. The van der Waals surface area contributed by atoms with E-state index in [1.54, 1.807) is 25.3 Å². The van der Waals surface area contributed by atoms with E-state index in [0.29, 0.717) is 30.9 Å². The Balaban J connectivity index is 0.00000363. The number of halogens is 1. The van der Waals surface area contributed by atoms with Crippen LogP contribution in [0, 0.1) is 11.2 Å². The van der Waals surface area contributed by atoms with E-state index in [1.165, 1.54) is 5.56 Å². The summed E-state index contributed by atoms with van der Waals surface area (Å²) in [6, 6.07) is 13.6. The molecule has 8 heteroatoms. The van der Waals surface area contributed by atoms with Crippen molar-refractivity contribution in [2.75, 3.05) is 49.7 Å². The molecule has 0 aromatic heterocycles. The zero-order valence-electron chi connectivity index (χ0n) is 17.8. The number of carbonyl (C=O) groups is 1. The normalized spacial score (nSPS) is 13.4. The second kappa shape index (κ2) is 12.0. The van der Waals surface area contributed by atoms with Crippen molar-refractivity contribution in [3.8, 4) is 0 Å². The van der Waals surface area contributed by atoms with Crippen molar-refractivity contribution in [2.45, 2.75) is 26.9 Å². The van der Waals surface area contributed by atoms with Gasteiger partial charge in [0.25, 0.3) is 0 Å². The average Bonchev–Trinajstić information content (AvgIpc) is 2.77. The van der Waals surface area contributed by atoms with Crippen LogP contribution in [0.3, 0.4) is 0 Å². The largest absolute Gasteiger partial charge is 0.460 e. The molecule has 0 radical (unpaired) electrons. The van der Waals surface area contributed by atoms with Gasteiger partial charge in [-0.15, -0.1) is 0 Å². The van der Waals surface area contributed by atoms with E-state index in [1.807, 2.05) is 4.90 Å². The highest BCUT2D eigenvalue weighted by atomic mass is 19.1. The molecule has 2 aromatic carbocycles. The van der Waals surface area contributed by atoms with Crippen LogP contribution in [0.25, 0.3) is 0 Å². The molecule has 1 fully saturated rings. The number of methoxy groups -OCH3 is 1. The molecule has 1 saturated heterocycles. The van der Waals surface area contributed by atoms with E-state index >= 15 is 4.39 Å². The number of anilines is 2. The highest BCUT2D eigenvalue weighted by molar-refractivity contribution is 5.94. The van der Waals surface area contributed by atoms with E-state index in [9.17, 15) is 4.79 Å². The quantitative estimate of drug-likeness (QED) is 0.350. The zero-order valence-corrected chi connectivity index (χ0v) is 17.8. The fourth-order valence-electron chi connectivity index (χ4n) is 3.59. The molecule has 1 aliphatic rings. The lowest BCUT2D eigenvalue weighted by molar-refractivity contribution is -0.143. The fraction of sp³-hybridized carbons (Fsp3) is 0.417. The van der Waals surface area contributed by atoms with E-state index in [4.69, 9.17) is 20.6 Å². The van der Waals surface area contributed by atoms with Crippen LogP contribution in [0.2, 0.25) is 0 Å². The molecular formula is C24H33FN4O3. The minimum absolute atomic E-state index is 0. The van der Waals surface area contributed by atoms with Gasteiger partial charge in [-0.25, -0.2) is 4.39 Å². The first-order valence-electron chi connectivity index (χ1n) is 10.3. The molecule has 0 amide bonds. The van der Waals surface area contributed by atoms with Crippen LogP contribution in [0.5, 0.6) is 0 Å². The molecule has 174 valence electrons. The fourth-order valence-corrected chi connectivity index (χ4v) is 3.59. The number of nitrogens with two attached hydrogens (primary N) is 1. The van der Waals surface area contributed by atoms with Crippen LogP contribution in [0.1, 0.15) is 25.0 Å². The molecule has 3 rings (SSSR count). The Hall–Kier alpha value is -3.13. The van der Waals surface area contributed by atoms with E-state index in [-0.39, 0.29) is 32.1 Å². The van der Waals surface area contributed by atoms with Gasteiger partial charge in [-0.2, -0.15) is 0 Å². The van der Waals surface area contributed by atoms with Gasteiger partial charge in [0.05, 0.1) is 12.3 Å². The Bertz CT molecular complexity index is 897. The first-order chi connectivity index (χ1) is 15.0. The number of rotatable bonds is 9. The van der Waals surface area contributed by atoms with Crippen molar-refractivity contribution in [1.29, 1.82) is 5.41 Å². The van der Waals surface area contributed by atoms with Crippen molar-refractivity contribution in [2.24, 2.45) is 5.73 Å². The lowest BCUT2D eigenvalue weighted by Crippen LogP contribution is -2.46. The number of ether oxygens (including phenoxy) is 2. The lowest BCUT2D eigenvalue weighted by Gasteiger charge is -2.37. The summed E-state index contributed by atoms with van der Waals surface area (Å²) < 4.78 is 25.2. The maximum absolute atomic E-state index is 15.0. The van der Waals surface area contributed by atoms with Gasteiger partial charge in [0, 0.05) is 44.5 Å². The van der Waals surface area contributed by atoms with E-state index < -0.39 is 5.97 Å². The molecule has 32 heavy (non-hydrogen) atoms. The van der Waals surface area contributed by atoms with Gasteiger partial charge in [-0.1, -0.05) is 31.7 Å². The SMILES string of the molecule is C.COCCc1ccc(N2CCN(c3cccc(COC(=O)CC(=N)N)c3F)CC2)cc1. The van der Waals surface area contributed by atoms with Crippen LogP contribution in [-0.2, 0) is 27.3 Å². The van der Waals surface area contributed by atoms with Gasteiger partial charge in [0.1, 0.15) is 18.9 Å². The highest BCUT2D eigenvalue weighted by Crippen LogP contribution is 2.26. The summed E-state index contributed by atoms with van der Waals surface area (Å²) in [7, 11) is 1.70. The Morgan fingerprint density at radius 2 is 1.75 bits per heavy atom. The molecule has 0 spiro atoms. The molecule has 0 saturated carbocycles. The van der Waals surface area contributed by atoms with Gasteiger partial charge in [0.15, 0.2) is 5.82 Å². The number of hydrogen-bond acceptors (Lipinski definition) is 6. The van der Waals surface area contributed by atoms with Crippen LogP contribution in [0.4, 0.5) is 15.8 Å². The van der Waals surface area contributed by atoms with Crippen LogP contribution >= 0.6 is 0 Å². The minimum atomic E-state index is -0.640. The number of nitrogens with one attached hydrogen (secondary N) is 1. The van der Waals surface area contributed by atoms with E-state index in [0.717, 1.165) is 25.2 Å². The number of amidine groups is 1. The van der Waals surface area contributed by atoms with Crippen LogP contribution < -0.4 is 15.5 Å². The van der Waals surface area contributed by atoms with E-state index in [2.05, 4.69) is 29.2 Å². The standard InChI is InChI=1S/C23H29FN4O3.CH4/c1-30-14-9-17-5-7-19(8-6-17)27-10-12-28(13-11-27)20-4-2-3-18(23(20)24)16-31-22(29)15-21(25)26;/h2-8H,9-16H2,1H3,(H3,25,26);1H4. The third-order valence-electron chi connectivity index (χ3n) is 5.30. The summed E-state index contributed by atoms with van der Waals surface area (Å²) in [5.74, 6) is -1.30. The van der Waals surface area contributed by atoms with Crippen molar-refractivity contribution in [3.05, 3.63) is 59.4 Å². The van der Waals surface area contributed by atoms with Gasteiger partial charge in [-0.3, -0.25) is 10.2 Å². The summed E-state index contributed by atoms with van der Waals surface area (Å²) in [6.45, 7) is 3.48. The minimum Gasteiger partial charge on any atom is -0.460 e. The topological polar surface area (TPSA) is 91.9 Å². The molecule has 0 unspecified atom stereocenters. The van der Waals surface area contributed by atoms with Crippen molar-refractivity contribution < 1.29 is 18.7 Å². The molecular weight excluding hydrogens is 411 g/mol. The average molecular weight is 445 g/mol. The summed E-state index contributed by atoms with van der Waals surface area (Å²) >= 11 is 0. The third kappa shape index (κ3) is 6.68. The maximum Gasteiger partial charge on any atom is 0.313 e. The smallest absolute Gasteiger partial charge is 0.313 e. The van der Waals surface area contributed by atoms with Gasteiger partial charge < -0.3 is 25.0 Å². The molecule has 0 atom stereocenters. The molecule has 7 nitrogen and oxygen atoms in total.